The Labute approximate surface area is 120 Å². The molecule has 0 spiro atoms. The van der Waals surface area contributed by atoms with E-state index in [1.54, 1.807) is 0 Å². The molecule has 0 radical (unpaired) electrons. The maximum atomic E-state index is 10.4. The van der Waals surface area contributed by atoms with Crippen molar-refractivity contribution in [1.82, 2.24) is 0 Å². The van der Waals surface area contributed by atoms with Crippen LogP contribution < -0.4 is 0 Å². The van der Waals surface area contributed by atoms with E-state index in [4.69, 9.17) is 5.11 Å². The van der Waals surface area contributed by atoms with Gasteiger partial charge in [0.1, 0.15) is 0 Å². The summed E-state index contributed by atoms with van der Waals surface area (Å²) in [6, 6.07) is 0. The first-order valence-corrected chi connectivity index (χ1v) is 8.38. The van der Waals surface area contributed by atoms with E-state index >= 15 is 0 Å². The van der Waals surface area contributed by atoms with Crippen molar-refractivity contribution in [3.63, 3.8) is 0 Å². The lowest BCUT2D eigenvalue weighted by atomic mass is 9.97. The summed E-state index contributed by atoms with van der Waals surface area (Å²) in [5.41, 5.74) is 0. The first kappa shape index (κ1) is 18.5. The van der Waals surface area contributed by atoms with Crippen molar-refractivity contribution in [2.24, 2.45) is 5.92 Å². The number of hydrogen-bond donors (Lipinski definition) is 1. The molecular formula is C17H34O2. The normalized spacial score (nSPS) is 12.5. The molecular weight excluding hydrogens is 236 g/mol. The third kappa shape index (κ3) is 15.4. The summed E-state index contributed by atoms with van der Waals surface area (Å²) in [5.74, 6) is -0.0833. The van der Waals surface area contributed by atoms with Crippen LogP contribution in [0.4, 0.5) is 0 Å². The molecule has 1 unspecified atom stereocenters. The van der Waals surface area contributed by atoms with E-state index < -0.39 is 5.97 Å². The SMILES string of the molecule is CCCCCCCCCCCCC(C)CCC(=O)O. The summed E-state index contributed by atoms with van der Waals surface area (Å²) in [5, 5.41) is 8.61. The van der Waals surface area contributed by atoms with Crippen LogP contribution in [0.3, 0.4) is 0 Å². The molecule has 0 saturated carbocycles. The Bertz CT molecular complexity index is 201. The first-order chi connectivity index (χ1) is 9.16. The molecule has 0 rings (SSSR count). The molecule has 114 valence electrons. The molecule has 0 aromatic carbocycles. The van der Waals surface area contributed by atoms with Gasteiger partial charge in [0.05, 0.1) is 0 Å². The average Bonchev–Trinajstić information content (AvgIpc) is 2.38. The van der Waals surface area contributed by atoms with E-state index in [2.05, 4.69) is 13.8 Å². The summed E-state index contributed by atoms with van der Waals surface area (Å²) in [7, 11) is 0. The van der Waals surface area contributed by atoms with Gasteiger partial charge in [-0.1, -0.05) is 84.5 Å². The number of rotatable bonds is 14. The lowest BCUT2D eigenvalue weighted by Crippen LogP contribution is -2.01. The third-order valence-corrected chi connectivity index (χ3v) is 3.90. The third-order valence-electron chi connectivity index (χ3n) is 3.90. The predicted octanol–water partition coefficient (Wildman–Crippen LogP) is 5.80. The van der Waals surface area contributed by atoms with E-state index in [0.29, 0.717) is 12.3 Å². The van der Waals surface area contributed by atoms with Crippen LogP contribution in [0.5, 0.6) is 0 Å². The van der Waals surface area contributed by atoms with Crippen LogP contribution in [0, 0.1) is 5.92 Å². The van der Waals surface area contributed by atoms with Gasteiger partial charge in [0.15, 0.2) is 0 Å². The minimum Gasteiger partial charge on any atom is -0.481 e. The van der Waals surface area contributed by atoms with Crippen molar-refractivity contribution < 1.29 is 9.90 Å². The van der Waals surface area contributed by atoms with Gasteiger partial charge in [-0.3, -0.25) is 4.79 Å². The quantitative estimate of drug-likeness (QED) is 0.405. The van der Waals surface area contributed by atoms with Crippen LogP contribution >= 0.6 is 0 Å². The van der Waals surface area contributed by atoms with Crippen molar-refractivity contribution in [2.75, 3.05) is 0 Å². The monoisotopic (exact) mass is 270 g/mol. The highest BCUT2D eigenvalue weighted by Crippen LogP contribution is 2.16. The Hall–Kier alpha value is -0.530. The highest BCUT2D eigenvalue weighted by Gasteiger charge is 2.04. The molecule has 0 aromatic heterocycles. The fourth-order valence-corrected chi connectivity index (χ4v) is 2.49. The largest absolute Gasteiger partial charge is 0.481 e. The van der Waals surface area contributed by atoms with Crippen LogP contribution in [0.25, 0.3) is 0 Å². The van der Waals surface area contributed by atoms with Crippen LogP contribution in [-0.2, 0) is 4.79 Å². The van der Waals surface area contributed by atoms with E-state index in [-0.39, 0.29) is 0 Å². The zero-order valence-corrected chi connectivity index (χ0v) is 13.1. The van der Waals surface area contributed by atoms with Gasteiger partial charge in [-0.05, 0) is 12.3 Å². The summed E-state index contributed by atoms with van der Waals surface area (Å²) >= 11 is 0. The fourth-order valence-electron chi connectivity index (χ4n) is 2.49. The van der Waals surface area contributed by atoms with Gasteiger partial charge < -0.3 is 5.11 Å². The number of hydrogen-bond acceptors (Lipinski definition) is 1. The smallest absolute Gasteiger partial charge is 0.303 e. The number of unbranched alkanes of at least 4 members (excludes halogenated alkanes) is 9. The number of carboxylic acids is 1. The molecule has 0 heterocycles. The predicted molar refractivity (Wildman–Crippen MR) is 82.5 cm³/mol. The van der Waals surface area contributed by atoms with Crippen LogP contribution in [0.1, 0.15) is 97.3 Å². The number of aliphatic carboxylic acids is 1. The van der Waals surface area contributed by atoms with Crippen LogP contribution in [0.15, 0.2) is 0 Å². The minimum absolute atomic E-state index is 0.332. The minimum atomic E-state index is -0.657. The standard InChI is InChI=1S/C17H34O2/c1-3-4-5-6-7-8-9-10-11-12-13-16(2)14-15-17(18)19/h16H,3-15H2,1-2H3,(H,18,19). The van der Waals surface area contributed by atoms with Gasteiger partial charge in [-0.15, -0.1) is 0 Å². The van der Waals surface area contributed by atoms with Gasteiger partial charge in [-0.25, -0.2) is 0 Å². The summed E-state index contributed by atoms with van der Waals surface area (Å²) < 4.78 is 0. The lowest BCUT2D eigenvalue weighted by Gasteiger charge is -2.09. The first-order valence-electron chi connectivity index (χ1n) is 8.38. The van der Waals surface area contributed by atoms with E-state index in [1.807, 2.05) is 0 Å². The van der Waals surface area contributed by atoms with Gasteiger partial charge >= 0.3 is 5.97 Å². The molecule has 0 aliphatic carbocycles. The van der Waals surface area contributed by atoms with Gasteiger partial charge in [0.2, 0.25) is 0 Å². The Morgan fingerprint density at radius 1 is 0.842 bits per heavy atom. The molecule has 0 bridgehead atoms. The van der Waals surface area contributed by atoms with E-state index in [1.165, 1.54) is 70.6 Å². The highest BCUT2D eigenvalue weighted by atomic mass is 16.4. The molecule has 0 saturated heterocycles. The van der Waals surface area contributed by atoms with Gasteiger partial charge in [0, 0.05) is 6.42 Å². The second-order valence-electron chi connectivity index (χ2n) is 6.01. The number of carboxylic acid groups (broad SMARTS) is 1. The molecule has 0 amide bonds. The van der Waals surface area contributed by atoms with Gasteiger partial charge in [-0.2, -0.15) is 0 Å². The molecule has 0 fully saturated rings. The molecule has 0 aromatic rings. The Morgan fingerprint density at radius 2 is 1.32 bits per heavy atom. The Balaban J connectivity index is 3.11. The van der Waals surface area contributed by atoms with Crippen LogP contribution in [0.2, 0.25) is 0 Å². The molecule has 0 aliphatic heterocycles. The Morgan fingerprint density at radius 3 is 1.79 bits per heavy atom. The fraction of sp³-hybridized carbons (Fsp3) is 0.941. The van der Waals surface area contributed by atoms with Crippen molar-refractivity contribution in [2.45, 2.75) is 97.3 Å². The molecule has 1 atom stereocenters. The summed E-state index contributed by atoms with van der Waals surface area (Å²) in [4.78, 5) is 10.4. The molecule has 2 nitrogen and oxygen atoms in total. The zero-order chi connectivity index (χ0) is 14.3. The molecule has 2 heteroatoms. The van der Waals surface area contributed by atoms with E-state index in [9.17, 15) is 4.79 Å². The van der Waals surface area contributed by atoms with Crippen LogP contribution in [-0.4, -0.2) is 11.1 Å². The second kappa shape index (κ2) is 13.9. The maximum Gasteiger partial charge on any atom is 0.303 e. The number of carbonyl (C=O) groups is 1. The molecule has 0 aliphatic rings. The van der Waals surface area contributed by atoms with Gasteiger partial charge in [0.25, 0.3) is 0 Å². The Kier molecular flexibility index (Phi) is 13.5. The molecule has 1 N–H and O–H groups in total. The average molecular weight is 270 g/mol. The summed E-state index contributed by atoms with van der Waals surface area (Å²) in [6.07, 6.45) is 16.1. The summed E-state index contributed by atoms with van der Waals surface area (Å²) in [6.45, 7) is 4.44. The molecule has 19 heavy (non-hydrogen) atoms. The zero-order valence-electron chi connectivity index (χ0n) is 13.1. The van der Waals surface area contributed by atoms with Crippen molar-refractivity contribution in [1.29, 1.82) is 0 Å². The van der Waals surface area contributed by atoms with Crippen molar-refractivity contribution in [3.8, 4) is 0 Å². The maximum absolute atomic E-state index is 10.4. The van der Waals surface area contributed by atoms with E-state index in [0.717, 1.165) is 6.42 Å². The topological polar surface area (TPSA) is 37.3 Å². The highest BCUT2D eigenvalue weighted by molar-refractivity contribution is 5.66. The van der Waals surface area contributed by atoms with Crippen molar-refractivity contribution in [3.05, 3.63) is 0 Å². The lowest BCUT2D eigenvalue weighted by molar-refractivity contribution is -0.137. The van der Waals surface area contributed by atoms with Crippen molar-refractivity contribution >= 4 is 5.97 Å². The second-order valence-corrected chi connectivity index (χ2v) is 6.01.